The summed E-state index contributed by atoms with van der Waals surface area (Å²) < 4.78 is 11.8. The Bertz CT molecular complexity index is 1260. The van der Waals surface area contributed by atoms with Crippen molar-refractivity contribution >= 4 is 17.7 Å². The highest BCUT2D eigenvalue weighted by atomic mass is 32.2. The molecule has 2 aromatic heterocycles. The molecule has 31 heavy (non-hydrogen) atoms. The number of rotatable bonds is 8. The Morgan fingerprint density at radius 3 is 2.84 bits per heavy atom. The number of thioether (sulfide) groups is 1. The zero-order chi connectivity index (χ0) is 21.6. The van der Waals surface area contributed by atoms with Gasteiger partial charge in [-0.1, -0.05) is 36.0 Å². The number of nitrogens with one attached hydrogen (secondary N) is 1. The summed E-state index contributed by atoms with van der Waals surface area (Å²) >= 11 is 1.03. The van der Waals surface area contributed by atoms with Crippen molar-refractivity contribution in [3.63, 3.8) is 0 Å². The summed E-state index contributed by atoms with van der Waals surface area (Å²) in [5, 5.41) is 24.8. The van der Waals surface area contributed by atoms with Gasteiger partial charge < -0.3 is 14.3 Å². The molecule has 0 aliphatic carbocycles. The number of nitrogens with zero attached hydrogens (tertiary/aromatic N) is 3. The fraction of sp³-hybridized carbons (Fsp3) is 0.0909. The molecule has 0 amide bonds. The summed E-state index contributed by atoms with van der Waals surface area (Å²) in [5.74, 6) is 1.16. The lowest BCUT2D eigenvalue weighted by molar-refractivity contribution is -0.133. The number of H-pyrrole nitrogens is 1. The van der Waals surface area contributed by atoms with Gasteiger partial charge in [0.1, 0.15) is 18.1 Å². The summed E-state index contributed by atoms with van der Waals surface area (Å²) in [5.41, 5.74) is 2.33. The smallest absolute Gasteiger partial charge is 0.313 e. The fourth-order valence-corrected chi connectivity index (χ4v) is 3.32. The molecular formula is C22H16N4O4S. The van der Waals surface area contributed by atoms with Crippen LogP contribution in [0, 0.1) is 11.3 Å². The average molecular weight is 432 g/mol. The van der Waals surface area contributed by atoms with Crippen LogP contribution in [0.1, 0.15) is 11.1 Å². The SMILES string of the molecule is N#Cc1cccc(COc2cccc(-c3ccc(-c4nc(SCC(=O)O)n[nH]4)o3)c2)c1. The van der Waals surface area contributed by atoms with Crippen LogP contribution in [-0.2, 0) is 11.4 Å². The molecule has 154 valence electrons. The van der Waals surface area contributed by atoms with E-state index in [9.17, 15) is 4.79 Å². The van der Waals surface area contributed by atoms with E-state index < -0.39 is 5.97 Å². The van der Waals surface area contributed by atoms with Crippen LogP contribution in [0.3, 0.4) is 0 Å². The van der Waals surface area contributed by atoms with Crippen molar-refractivity contribution in [1.82, 2.24) is 15.2 Å². The number of aromatic nitrogens is 3. The number of hydrogen-bond donors (Lipinski definition) is 2. The van der Waals surface area contributed by atoms with E-state index in [1.165, 1.54) is 0 Å². The van der Waals surface area contributed by atoms with Crippen LogP contribution in [0.25, 0.3) is 22.9 Å². The topological polar surface area (TPSA) is 125 Å². The minimum atomic E-state index is -0.934. The molecule has 0 fully saturated rings. The first-order valence-corrected chi connectivity index (χ1v) is 10.2. The van der Waals surface area contributed by atoms with Crippen LogP contribution in [0.2, 0.25) is 0 Å². The standard InChI is InChI=1S/C22H16N4O4S/c23-11-14-3-1-4-15(9-14)12-29-17-6-2-5-16(10-17)18-7-8-19(30-18)21-24-22(26-25-21)31-13-20(27)28/h1-10H,12-13H2,(H,27,28)(H,24,25,26). The summed E-state index contributed by atoms with van der Waals surface area (Å²) in [6.07, 6.45) is 0. The molecule has 9 heteroatoms. The monoisotopic (exact) mass is 432 g/mol. The maximum absolute atomic E-state index is 10.7. The zero-order valence-corrected chi connectivity index (χ0v) is 16.9. The van der Waals surface area contributed by atoms with Crippen molar-refractivity contribution in [3.05, 3.63) is 71.8 Å². The van der Waals surface area contributed by atoms with Gasteiger partial charge in [-0.3, -0.25) is 9.89 Å². The number of aromatic amines is 1. The first-order valence-electron chi connectivity index (χ1n) is 9.20. The molecule has 0 aliphatic rings. The lowest BCUT2D eigenvalue weighted by Gasteiger charge is -2.07. The molecule has 0 atom stereocenters. The van der Waals surface area contributed by atoms with Crippen LogP contribution in [0.5, 0.6) is 5.75 Å². The molecule has 2 aromatic carbocycles. The Morgan fingerprint density at radius 1 is 1.16 bits per heavy atom. The van der Waals surface area contributed by atoms with E-state index in [0.29, 0.717) is 40.4 Å². The largest absolute Gasteiger partial charge is 0.489 e. The van der Waals surface area contributed by atoms with Crippen LogP contribution >= 0.6 is 11.8 Å². The van der Waals surface area contributed by atoms with E-state index in [2.05, 4.69) is 21.3 Å². The molecule has 4 aromatic rings. The lowest BCUT2D eigenvalue weighted by atomic mass is 10.1. The van der Waals surface area contributed by atoms with E-state index in [4.69, 9.17) is 19.5 Å². The second kappa shape index (κ2) is 9.19. The van der Waals surface area contributed by atoms with Crippen LogP contribution in [0.4, 0.5) is 0 Å². The number of nitriles is 1. The Balaban J connectivity index is 1.45. The van der Waals surface area contributed by atoms with E-state index in [-0.39, 0.29) is 5.75 Å². The summed E-state index contributed by atoms with van der Waals surface area (Å²) in [6.45, 7) is 0.344. The third-order valence-electron chi connectivity index (χ3n) is 4.21. The van der Waals surface area contributed by atoms with Crippen molar-refractivity contribution in [2.24, 2.45) is 0 Å². The van der Waals surface area contributed by atoms with Crippen LogP contribution in [-0.4, -0.2) is 32.0 Å². The summed E-state index contributed by atoms with van der Waals surface area (Å²) in [7, 11) is 0. The maximum atomic E-state index is 10.7. The third-order valence-corrected chi connectivity index (χ3v) is 5.04. The van der Waals surface area contributed by atoms with Crippen molar-refractivity contribution < 1.29 is 19.1 Å². The lowest BCUT2D eigenvalue weighted by Crippen LogP contribution is -1.97. The highest BCUT2D eigenvalue weighted by molar-refractivity contribution is 7.99. The Morgan fingerprint density at radius 2 is 2.00 bits per heavy atom. The molecule has 0 aliphatic heterocycles. The van der Waals surface area contributed by atoms with Crippen molar-refractivity contribution in [1.29, 1.82) is 5.26 Å². The second-order valence-electron chi connectivity index (χ2n) is 6.44. The zero-order valence-electron chi connectivity index (χ0n) is 16.1. The van der Waals surface area contributed by atoms with Crippen molar-refractivity contribution in [3.8, 4) is 34.7 Å². The van der Waals surface area contributed by atoms with Gasteiger partial charge >= 0.3 is 5.97 Å². The number of aliphatic carboxylic acids is 1. The molecule has 0 radical (unpaired) electrons. The van der Waals surface area contributed by atoms with E-state index in [1.807, 2.05) is 42.5 Å². The number of benzene rings is 2. The Kier molecular flexibility index (Phi) is 6.01. The molecule has 2 heterocycles. The van der Waals surface area contributed by atoms with Gasteiger partial charge in [-0.15, -0.1) is 5.10 Å². The quantitative estimate of drug-likeness (QED) is 0.394. The molecular weight excluding hydrogens is 416 g/mol. The molecule has 0 saturated heterocycles. The van der Waals surface area contributed by atoms with Crippen molar-refractivity contribution in [2.75, 3.05) is 5.75 Å². The van der Waals surface area contributed by atoms with E-state index in [1.54, 1.807) is 18.2 Å². The number of hydrogen-bond acceptors (Lipinski definition) is 7. The average Bonchev–Trinajstić information content (AvgIpc) is 3.46. The Hall–Kier alpha value is -4.03. The summed E-state index contributed by atoms with van der Waals surface area (Å²) in [6, 6.07) is 20.5. The third kappa shape index (κ3) is 5.12. The number of ether oxygens (including phenoxy) is 1. The molecule has 4 rings (SSSR count). The molecule has 2 N–H and O–H groups in total. The van der Waals surface area contributed by atoms with Gasteiger partial charge in [0.05, 0.1) is 17.4 Å². The van der Waals surface area contributed by atoms with Gasteiger partial charge in [0.15, 0.2) is 11.6 Å². The van der Waals surface area contributed by atoms with E-state index >= 15 is 0 Å². The molecule has 0 unspecified atom stereocenters. The second-order valence-corrected chi connectivity index (χ2v) is 7.38. The van der Waals surface area contributed by atoms with E-state index in [0.717, 1.165) is 22.9 Å². The first-order chi connectivity index (χ1) is 15.1. The number of furan rings is 1. The van der Waals surface area contributed by atoms with Gasteiger partial charge in [0, 0.05) is 5.56 Å². The predicted molar refractivity (Wildman–Crippen MR) is 113 cm³/mol. The predicted octanol–water partition coefficient (Wildman–Crippen LogP) is 4.36. The van der Waals surface area contributed by atoms with Crippen LogP contribution in [0.15, 0.2) is 70.2 Å². The number of carboxylic acids is 1. The highest BCUT2D eigenvalue weighted by Crippen LogP contribution is 2.30. The summed E-state index contributed by atoms with van der Waals surface area (Å²) in [4.78, 5) is 14.9. The highest BCUT2D eigenvalue weighted by Gasteiger charge is 2.13. The fourth-order valence-electron chi connectivity index (χ4n) is 2.80. The van der Waals surface area contributed by atoms with Gasteiger partial charge in [-0.2, -0.15) is 10.2 Å². The minimum absolute atomic E-state index is 0.117. The maximum Gasteiger partial charge on any atom is 0.313 e. The van der Waals surface area contributed by atoms with Crippen molar-refractivity contribution in [2.45, 2.75) is 11.8 Å². The Labute approximate surface area is 181 Å². The first kappa shape index (κ1) is 20.3. The van der Waals surface area contributed by atoms with Crippen LogP contribution < -0.4 is 4.74 Å². The van der Waals surface area contributed by atoms with Gasteiger partial charge in [-0.25, -0.2) is 0 Å². The number of carbonyl (C=O) groups is 1. The molecule has 0 spiro atoms. The molecule has 0 bridgehead atoms. The van der Waals surface area contributed by atoms with Gasteiger partial charge in [0.2, 0.25) is 5.16 Å². The van der Waals surface area contributed by atoms with Gasteiger partial charge in [-0.05, 0) is 42.0 Å². The minimum Gasteiger partial charge on any atom is -0.489 e. The van der Waals surface area contributed by atoms with Gasteiger partial charge in [0.25, 0.3) is 0 Å². The normalized spacial score (nSPS) is 10.5. The number of carboxylic acid groups (broad SMARTS) is 1. The molecule has 0 saturated carbocycles. The molecule has 8 nitrogen and oxygen atoms in total.